The van der Waals surface area contributed by atoms with Gasteiger partial charge in [-0.05, 0) is 36.3 Å². The molecule has 1 aliphatic carbocycles. The van der Waals surface area contributed by atoms with Crippen molar-refractivity contribution in [2.45, 2.75) is 37.8 Å². The highest BCUT2D eigenvalue weighted by Gasteiger charge is 2.24. The van der Waals surface area contributed by atoms with Crippen molar-refractivity contribution < 1.29 is 4.79 Å². The molecule has 2 aliphatic rings. The monoisotopic (exact) mass is 332 g/mol. The first-order chi connectivity index (χ1) is 9.33. The molecule has 2 heterocycles. The molecule has 112 valence electrons. The summed E-state index contributed by atoms with van der Waals surface area (Å²) in [5.41, 5.74) is 1.36. The third-order valence-corrected chi connectivity index (χ3v) is 5.94. The van der Waals surface area contributed by atoms with Crippen molar-refractivity contribution in [3.63, 3.8) is 0 Å². The maximum Gasteiger partial charge on any atom is 0.222 e. The van der Waals surface area contributed by atoms with Gasteiger partial charge in [-0.25, -0.2) is 0 Å². The van der Waals surface area contributed by atoms with Gasteiger partial charge in [0.15, 0.2) is 0 Å². The molecular formula is C14H21ClN2OS2. The number of rotatable bonds is 3. The Bertz CT molecular complexity index is 446. The highest BCUT2D eigenvalue weighted by Crippen LogP contribution is 2.33. The van der Waals surface area contributed by atoms with Gasteiger partial charge in [-0.1, -0.05) is 0 Å². The van der Waals surface area contributed by atoms with E-state index in [1.165, 1.54) is 29.0 Å². The molecule has 0 radical (unpaired) electrons. The van der Waals surface area contributed by atoms with Crippen LogP contribution in [0.25, 0.3) is 0 Å². The number of aryl methyl sites for hydroxylation is 1. The third kappa shape index (κ3) is 3.91. The van der Waals surface area contributed by atoms with E-state index in [1.807, 2.05) is 23.1 Å². The number of amides is 1. The number of hydrogen-bond donors (Lipinski definition) is 2. The van der Waals surface area contributed by atoms with Gasteiger partial charge < -0.3 is 10.6 Å². The molecule has 20 heavy (non-hydrogen) atoms. The minimum Gasteiger partial charge on any atom is -0.349 e. The minimum absolute atomic E-state index is 0. The summed E-state index contributed by atoms with van der Waals surface area (Å²) in [5, 5.41) is 8.80. The first kappa shape index (κ1) is 16.1. The van der Waals surface area contributed by atoms with E-state index in [0.29, 0.717) is 12.5 Å². The van der Waals surface area contributed by atoms with Gasteiger partial charge in [-0.2, -0.15) is 11.8 Å². The quantitative estimate of drug-likeness (QED) is 0.894. The lowest BCUT2D eigenvalue weighted by Crippen LogP contribution is -2.42. The molecule has 1 aromatic heterocycles. The lowest BCUT2D eigenvalue weighted by molar-refractivity contribution is -0.122. The second-order valence-corrected chi connectivity index (χ2v) is 7.39. The van der Waals surface area contributed by atoms with Crippen LogP contribution >= 0.6 is 35.5 Å². The number of carbonyl (C=O) groups excluding carboxylic acids is 1. The van der Waals surface area contributed by atoms with E-state index in [1.54, 1.807) is 0 Å². The standard InChI is InChI=1S/C14H20N2OS2.ClH/c17-14(8-10-9-18-7-5-15-10)16-12-2-1-3-13-11(12)4-6-19-13;/h4,6,10,12,15H,1-3,5,7-9H2,(H,16,17);1H. The van der Waals surface area contributed by atoms with E-state index < -0.39 is 0 Å². The van der Waals surface area contributed by atoms with E-state index in [4.69, 9.17) is 0 Å². The molecule has 3 rings (SSSR count). The van der Waals surface area contributed by atoms with Crippen molar-refractivity contribution in [3.05, 3.63) is 21.9 Å². The number of carbonyl (C=O) groups is 1. The summed E-state index contributed by atoms with van der Waals surface area (Å²) in [6.07, 6.45) is 4.07. The maximum atomic E-state index is 12.2. The Kier molecular flexibility index (Phi) is 6.20. The molecule has 1 aliphatic heterocycles. The van der Waals surface area contributed by atoms with E-state index in [0.717, 1.165) is 18.7 Å². The van der Waals surface area contributed by atoms with Gasteiger partial charge in [-0.15, -0.1) is 23.7 Å². The van der Waals surface area contributed by atoms with Crippen LogP contribution in [0.5, 0.6) is 0 Å². The number of nitrogens with one attached hydrogen (secondary N) is 2. The molecular weight excluding hydrogens is 312 g/mol. The molecule has 0 spiro atoms. The summed E-state index contributed by atoms with van der Waals surface area (Å²) in [6.45, 7) is 1.03. The summed E-state index contributed by atoms with van der Waals surface area (Å²) in [5.74, 6) is 2.42. The van der Waals surface area contributed by atoms with Crippen LogP contribution in [-0.2, 0) is 11.2 Å². The van der Waals surface area contributed by atoms with Crippen LogP contribution in [0.15, 0.2) is 11.4 Å². The molecule has 1 saturated heterocycles. The van der Waals surface area contributed by atoms with Gasteiger partial charge in [0.2, 0.25) is 5.91 Å². The predicted molar refractivity (Wildman–Crippen MR) is 89.1 cm³/mol. The molecule has 0 saturated carbocycles. The van der Waals surface area contributed by atoms with Crippen LogP contribution in [0.3, 0.4) is 0 Å². The average molecular weight is 333 g/mol. The number of thiophene rings is 1. The number of fused-ring (bicyclic) bond motifs is 1. The summed E-state index contributed by atoms with van der Waals surface area (Å²) in [6, 6.07) is 2.78. The summed E-state index contributed by atoms with van der Waals surface area (Å²) >= 11 is 3.77. The Morgan fingerprint density at radius 3 is 3.20 bits per heavy atom. The fraction of sp³-hybridized carbons (Fsp3) is 0.643. The number of thioether (sulfide) groups is 1. The van der Waals surface area contributed by atoms with E-state index in [2.05, 4.69) is 22.1 Å². The zero-order chi connectivity index (χ0) is 13.1. The Labute approximate surface area is 134 Å². The van der Waals surface area contributed by atoms with E-state index in [9.17, 15) is 4.79 Å². The predicted octanol–water partition coefficient (Wildman–Crippen LogP) is 2.76. The van der Waals surface area contributed by atoms with Gasteiger partial charge in [0.1, 0.15) is 0 Å². The largest absolute Gasteiger partial charge is 0.349 e. The Balaban J connectivity index is 0.00000147. The molecule has 0 bridgehead atoms. The molecule has 2 N–H and O–H groups in total. The van der Waals surface area contributed by atoms with Crippen molar-refractivity contribution in [1.82, 2.24) is 10.6 Å². The van der Waals surface area contributed by atoms with Crippen LogP contribution < -0.4 is 10.6 Å². The zero-order valence-corrected chi connectivity index (χ0v) is 13.8. The summed E-state index contributed by atoms with van der Waals surface area (Å²) < 4.78 is 0. The fourth-order valence-corrected chi connectivity index (χ4v) is 4.80. The highest BCUT2D eigenvalue weighted by atomic mass is 35.5. The van der Waals surface area contributed by atoms with Crippen molar-refractivity contribution in [2.24, 2.45) is 0 Å². The van der Waals surface area contributed by atoms with Gasteiger partial charge in [-0.3, -0.25) is 4.79 Å². The molecule has 0 aromatic carbocycles. The van der Waals surface area contributed by atoms with Crippen LogP contribution in [-0.4, -0.2) is 30.0 Å². The molecule has 1 amide bonds. The topological polar surface area (TPSA) is 41.1 Å². The van der Waals surface area contributed by atoms with Crippen molar-refractivity contribution >= 4 is 41.4 Å². The van der Waals surface area contributed by atoms with Crippen LogP contribution in [0.4, 0.5) is 0 Å². The van der Waals surface area contributed by atoms with Crippen molar-refractivity contribution in [2.75, 3.05) is 18.1 Å². The second-order valence-electron chi connectivity index (χ2n) is 5.24. The Morgan fingerprint density at radius 1 is 1.50 bits per heavy atom. The average Bonchev–Trinajstić information content (AvgIpc) is 2.89. The molecule has 2 atom stereocenters. The van der Waals surface area contributed by atoms with E-state index >= 15 is 0 Å². The zero-order valence-electron chi connectivity index (χ0n) is 11.4. The van der Waals surface area contributed by atoms with Gasteiger partial charge >= 0.3 is 0 Å². The fourth-order valence-electron chi connectivity index (χ4n) is 2.86. The number of hydrogen-bond acceptors (Lipinski definition) is 4. The smallest absolute Gasteiger partial charge is 0.222 e. The third-order valence-electron chi connectivity index (χ3n) is 3.82. The normalized spacial score (nSPS) is 25.4. The van der Waals surface area contributed by atoms with E-state index in [-0.39, 0.29) is 24.4 Å². The lowest BCUT2D eigenvalue weighted by Gasteiger charge is -2.26. The molecule has 2 unspecified atom stereocenters. The van der Waals surface area contributed by atoms with Crippen LogP contribution in [0.1, 0.15) is 35.7 Å². The highest BCUT2D eigenvalue weighted by molar-refractivity contribution is 7.99. The molecule has 1 fully saturated rings. The van der Waals surface area contributed by atoms with Crippen LogP contribution in [0.2, 0.25) is 0 Å². The lowest BCUT2D eigenvalue weighted by atomic mass is 9.94. The Morgan fingerprint density at radius 2 is 2.40 bits per heavy atom. The number of halogens is 1. The summed E-state index contributed by atoms with van der Waals surface area (Å²) in [7, 11) is 0. The molecule has 1 aromatic rings. The molecule has 3 nitrogen and oxygen atoms in total. The van der Waals surface area contributed by atoms with Crippen molar-refractivity contribution in [1.29, 1.82) is 0 Å². The Hall–Kier alpha value is -0.230. The van der Waals surface area contributed by atoms with Crippen molar-refractivity contribution in [3.8, 4) is 0 Å². The van der Waals surface area contributed by atoms with Gasteiger partial charge in [0.05, 0.1) is 6.04 Å². The first-order valence-corrected chi connectivity index (χ1v) is 9.03. The minimum atomic E-state index is 0. The SMILES string of the molecule is Cl.O=C(CC1CSCCN1)NC1CCCc2sccc21. The van der Waals surface area contributed by atoms with Gasteiger partial charge in [0.25, 0.3) is 0 Å². The second kappa shape index (κ2) is 7.69. The van der Waals surface area contributed by atoms with Crippen LogP contribution in [0, 0.1) is 0 Å². The summed E-state index contributed by atoms with van der Waals surface area (Å²) in [4.78, 5) is 13.6. The van der Waals surface area contributed by atoms with Gasteiger partial charge in [0, 0.05) is 35.4 Å². The maximum absolute atomic E-state index is 12.2. The molecule has 6 heteroatoms. The first-order valence-electron chi connectivity index (χ1n) is 6.99.